The van der Waals surface area contributed by atoms with Crippen molar-refractivity contribution in [1.82, 2.24) is 9.88 Å². The number of aryl methyl sites for hydroxylation is 1. The summed E-state index contributed by atoms with van der Waals surface area (Å²) in [5.41, 5.74) is 6.82. The topological polar surface area (TPSA) is 60.1 Å². The van der Waals surface area contributed by atoms with E-state index < -0.39 is 6.04 Å². The number of aromatic nitrogens is 1. The van der Waals surface area contributed by atoms with Crippen LogP contribution in [0, 0.1) is 0 Å². The molecule has 1 atom stereocenters. The number of nitrogens with zero attached hydrogens (tertiary/aromatic N) is 1. The maximum Gasteiger partial charge on any atom is 0.237 e. The van der Waals surface area contributed by atoms with Gasteiger partial charge in [0.25, 0.3) is 0 Å². The molecule has 0 spiro atoms. The highest BCUT2D eigenvalue weighted by atomic mass is 32.2. The van der Waals surface area contributed by atoms with Crippen LogP contribution < -0.4 is 11.1 Å². The summed E-state index contributed by atoms with van der Waals surface area (Å²) in [4.78, 5) is 11.6. The molecule has 90 valence electrons. The Bertz CT molecular complexity index is 338. The summed E-state index contributed by atoms with van der Waals surface area (Å²) in [6.45, 7) is 0.537. The molecule has 1 rings (SSSR count). The van der Waals surface area contributed by atoms with Crippen molar-refractivity contribution in [3.8, 4) is 0 Å². The molecular weight excluding hydrogens is 222 g/mol. The first-order valence-corrected chi connectivity index (χ1v) is 6.67. The molecule has 0 bridgehead atoms. The average molecular weight is 241 g/mol. The molecule has 1 aromatic heterocycles. The number of hydrogen-bond donors (Lipinski definition) is 2. The standard InChI is InChI=1S/C11H19N3OS/c1-14-6-3-4-9(14)8-13-11(15)10(12)5-7-16-2/h3-4,6,10H,5,7-8,12H2,1-2H3,(H,13,15)/t10-/m0/s1. The highest BCUT2D eigenvalue weighted by Crippen LogP contribution is 2.01. The van der Waals surface area contributed by atoms with Gasteiger partial charge in [0.05, 0.1) is 12.6 Å². The summed E-state index contributed by atoms with van der Waals surface area (Å²) < 4.78 is 1.98. The van der Waals surface area contributed by atoms with Crippen LogP contribution in [0.25, 0.3) is 0 Å². The van der Waals surface area contributed by atoms with Crippen LogP contribution in [0.4, 0.5) is 0 Å². The summed E-state index contributed by atoms with van der Waals surface area (Å²) in [7, 11) is 1.95. The molecule has 1 amide bonds. The van der Waals surface area contributed by atoms with Gasteiger partial charge < -0.3 is 15.6 Å². The molecule has 16 heavy (non-hydrogen) atoms. The number of amides is 1. The van der Waals surface area contributed by atoms with Crippen molar-refractivity contribution >= 4 is 17.7 Å². The first-order chi connectivity index (χ1) is 7.65. The lowest BCUT2D eigenvalue weighted by atomic mass is 10.2. The van der Waals surface area contributed by atoms with Crippen LogP contribution >= 0.6 is 11.8 Å². The number of rotatable bonds is 6. The zero-order chi connectivity index (χ0) is 12.0. The number of nitrogens with two attached hydrogens (primary N) is 1. The average Bonchev–Trinajstić information content (AvgIpc) is 2.68. The van der Waals surface area contributed by atoms with Crippen LogP contribution in [0.5, 0.6) is 0 Å². The Labute approximate surface area is 101 Å². The molecule has 0 aliphatic heterocycles. The molecule has 0 aliphatic rings. The maximum absolute atomic E-state index is 11.6. The van der Waals surface area contributed by atoms with Gasteiger partial charge in [-0.1, -0.05) is 0 Å². The van der Waals surface area contributed by atoms with E-state index in [-0.39, 0.29) is 5.91 Å². The van der Waals surface area contributed by atoms with Gasteiger partial charge in [-0.2, -0.15) is 11.8 Å². The molecule has 5 heteroatoms. The lowest BCUT2D eigenvalue weighted by Gasteiger charge is -2.11. The second-order valence-electron chi connectivity index (χ2n) is 3.72. The minimum absolute atomic E-state index is 0.0738. The van der Waals surface area contributed by atoms with Crippen molar-refractivity contribution < 1.29 is 4.79 Å². The Morgan fingerprint density at radius 3 is 3.00 bits per heavy atom. The van der Waals surface area contributed by atoms with E-state index >= 15 is 0 Å². The Morgan fingerprint density at radius 2 is 2.44 bits per heavy atom. The Hall–Kier alpha value is -0.940. The van der Waals surface area contributed by atoms with Gasteiger partial charge >= 0.3 is 0 Å². The van der Waals surface area contributed by atoms with Crippen molar-refractivity contribution in [2.45, 2.75) is 19.0 Å². The number of hydrogen-bond acceptors (Lipinski definition) is 3. The van der Waals surface area contributed by atoms with Gasteiger partial charge in [0.15, 0.2) is 0 Å². The lowest BCUT2D eigenvalue weighted by molar-refractivity contribution is -0.122. The SMILES string of the molecule is CSCC[C@H](N)C(=O)NCc1cccn1C. The summed E-state index contributed by atoms with van der Waals surface area (Å²) >= 11 is 1.70. The molecule has 3 N–H and O–H groups in total. The van der Waals surface area contributed by atoms with Crippen LogP contribution in [0.15, 0.2) is 18.3 Å². The fourth-order valence-corrected chi connectivity index (χ4v) is 1.85. The van der Waals surface area contributed by atoms with Crippen molar-refractivity contribution in [2.24, 2.45) is 12.8 Å². The van der Waals surface area contributed by atoms with Crippen LogP contribution in [-0.4, -0.2) is 28.5 Å². The molecule has 0 fully saturated rings. The van der Waals surface area contributed by atoms with E-state index in [0.29, 0.717) is 6.54 Å². The number of carbonyl (C=O) groups is 1. The van der Waals surface area contributed by atoms with E-state index in [1.165, 1.54) is 0 Å². The van der Waals surface area contributed by atoms with Crippen molar-refractivity contribution in [1.29, 1.82) is 0 Å². The monoisotopic (exact) mass is 241 g/mol. The van der Waals surface area contributed by atoms with E-state index in [9.17, 15) is 4.79 Å². The van der Waals surface area contributed by atoms with Crippen molar-refractivity contribution in [3.05, 3.63) is 24.0 Å². The third-order valence-electron chi connectivity index (χ3n) is 2.46. The molecule has 0 saturated carbocycles. The molecule has 1 heterocycles. The normalized spacial score (nSPS) is 12.4. The first kappa shape index (κ1) is 13.1. The smallest absolute Gasteiger partial charge is 0.237 e. The van der Waals surface area contributed by atoms with Crippen LogP contribution in [0.1, 0.15) is 12.1 Å². The van der Waals surface area contributed by atoms with Gasteiger partial charge in [-0.25, -0.2) is 0 Å². The van der Waals surface area contributed by atoms with Crippen LogP contribution in [0.2, 0.25) is 0 Å². The number of carbonyl (C=O) groups excluding carboxylic acids is 1. The first-order valence-electron chi connectivity index (χ1n) is 5.27. The zero-order valence-electron chi connectivity index (χ0n) is 9.77. The third-order valence-corrected chi connectivity index (χ3v) is 3.11. The minimum atomic E-state index is -0.396. The van der Waals surface area contributed by atoms with Crippen LogP contribution in [0.3, 0.4) is 0 Å². The number of nitrogens with one attached hydrogen (secondary N) is 1. The summed E-state index contributed by atoms with van der Waals surface area (Å²) in [5, 5.41) is 2.84. The molecular formula is C11H19N3OS. The molecule has 1 aromatic rings. The Balaban J connectivity index is 2.32. The van der Waals surface area contributed by atoms with Crippen molar-refractivity contribution in [2.75, 3.05) is 12.0 Å². The quantitative estimate of drug-likeness (QED) is 0.771. The molecule has 0 radical (unpaired) electrons. The molecule has 0 saturated heterocycles. The van der Waals surface area contributed by atoms with Crippen LogP contribution in [-0.2, 0) is 18.4 Å². The van der Waals surface area contributed by atoms with Gasteiger partial charge in [0, 0.05) is 18.9 Å². The largest absolute Gasteiger partial charge is 0.353 e. The minimum Gasteiger partial charge on any atom is -0.353 e. The molecule has 0 aromatic carbocycles. The second-order valence-corrected chi connectivity index (χ2v) is 4.70. The molecule has 4 nitrogen and oxygen atoms in total. The van der Waals surface area contributed by atoms with Gasteiger partial charge in [-0.05, 0) is 30.6 Å². The Morgan fingerprint density at radius 1 is 1.69 bits per heavy atom. The lowest BCUT2D eigenvalue weighted by Crippen LogP contribution is -2.40. The van der Waals surface area contributed by atoms with Crippen molar-refractivity contribution in [3.63, 3.8) is 0 Å². The third kappa shape index (κ3) is 3.90. The summed E-state index contributed by atoms with van der Waals surface area (Å²) in [6, 6.07) is 3.54. The van der Waals surface area contributed by atoms with E-state index in [1.54, 1.807) is 11.8 Å². The van der Waals surface area contributed by atoms with E-state index in [0.717, 1.165) is 17.9 Å². The summed E-state index contributed by atoms with van der Waals surface area (Å²) in [5.74, 6) is 0.842. The highest BCUT2D eigenvalue weighted by Gasteiger charge is 2.12. The fraction of sp³-hybridized carbons (Fsp3) is 0.545. The Kier molecular flexibility index (Phi) is 5.42. The molecule has 0 aliphatic carbocycles. The zero-order valence-corrected chi connectivity index (χ0v) is 10.6. The predicted molar refractivity (Wildman–Crippen MR) is 68.2 cm³/mol. The predicted octanol–water partition coefficient (Wildman–Crippen LogP) is 0.722. The second kappa shape index (κ2) is 6.60. The number of thioether (sulfide) groups is 1. The van der Waals surface area contributed by atoms with Gasteiger partial charge in [0.1, 0.15) is 0 Å². The van der Waals surface area contributed by atoms with Gasteiger partial charge in [-0.15, -0.1) is 0 Å². The maximum atomic E-state index is 11.6. The molecule has 0 unspecified atom stereocenters. The summed E-state index contributed by atoms with van der Waals surface area (Å²) in [6.07, 6.45) is 4.68. The van der Waals surface area contributed by atoms with E-state index in [1.807, 2.05) is 36.2 Å². The fourth-order valence-electron chi connectivity index (χ4n) is 1.36. The van der Waals surface area contributed by atoms with E-state index in [4.69, 9.17) is 5.73 Å². The van der Waals surface area contributed by atoms with Gasteiger partial charge in [-0.3, -0.25) is 4.79 Å². The van der Waals surface area contributed by atoms with E-state index in [2.05, 4.69) is 5.32 Å². The van der Waals surface area contributed by atoms with Gasteiger partial charge in [0.2, 0.25) is 5.91 Å². The highest BCUT2D eigenvalue weighted by molar-refractivity contribution is 7.98.